The summed E-state index contributed by atoms with van der Waals surface area (Å²) < 4.78 is 0. The second kappa shape index (κ2) is 6.50. The topological polar surface area (TPSA) is 15.3 Å². The van der Waals surface area contributed by atoms with Crippen LogP contribution in [0.15, 0.2) is 29.2 Å². The SMILES string of the molecule is CCC1CN(CC2CSc3ccccc32)C(C)CCN1. The molecule has 0 bridgehead atoms. The Morgan fingerprint density at radius 3 is 3.05 bits per heavy atom. The molecule has 2 heterocycles. The van der Waals surface area contributed by atoms with E-state index in [1.165, 1.54) is 43.1 Å². The van der Waals surface area contributed by atoms with Crippen molar-refractivity contribution in [2.75, 3.05) is 25.4 Å². The number of hydrogen-bond donors (Lipinski definition) is 1. The van der Waals surface area contributed by atoms with Crippen LogP contribution in [0.5, 0.6) is 0 Å². The molecule has 1 aromatic carbocycles. The molecule has 0 saturated carbocycles. The lowest BCUT2D eigenvalue weighted by atomic mass is 9.99. The van der Waals surface area contributed by atoms with E-state index in [-0.39, 0.29) is 0 Å². The molecule has 1 aromatic rings. The third-order valence-electron chi connectivity index (χ3n) is 4.82. The van der Waals surface area contributed by atoms with Gasteiger partial charge in [0.15, 0.2) is 0 Å². The summed E-state index contributed by atoms with van der Waals surface area (Å²) in [5.74, 6) is 1.97. The van der Waals surface area contributed by atoms with Crippen molar-refractivity contribution in [1.82, 2.24) is 10.2 Å². The lowest BCUT2D eigenvalue weighted by molar-refractivity contribution is 0.195. The van der Waals surface area contributed by atoms with Crippen LogP contribution in [0.4, 0.5) is 0 Å². The Morgan fingerprint density at radius 2 is 2.20 bits per heavy atom. The molecule has 0 amide bonds. The molecule has 0 spiro atoms. The Kier molecular flexibility index (Phi) is 4.69. The van der Waals surface area contributed by atoms with Crippen molar-refractivity contribution < 1.29 is 0 Å². The quantitative estimate of drug-likeness (QED) is 0.919. The van der Waals surface area contributed by atoms with Gasteiger partial charge in [-0.1, -0.05) is 25.1 Å². The summed E-state index contributed by atoms with van der Waals surface area (Å²) in [5, 5.41) is 3.69. The second-order valence-corrected chi connectivity index (χ2v) is 7.26. The summed E-state index contributed by atoms with van der Waals surface area (Å²) >= 11 is 2.04. The number of fused-ring (bicyclic) bond motifs is 1. The molecule has 110 valence electrons. The van der Waals surface area contributed by atoms with Crippen molar-refractivity contribution in [2.24, 2.45) is 0 Å². The summed E-state index contributed by atoms with van der Waals surface area (Å²) in [7, 11) is 0. The van der Waals surface area contributed by atoms with E-state index >= 15 is 0 Å². The van der Waals surface area contributed by atoms with Crippen LogP contribution in [-0.4, -0.2) is 42.4 Å². The van der Waals surface area contributed by atoms with Crippen molar-refractivity contribution in [3.8, 4) is 0 Å². The maximum atomic E-state index is 3.69. The first-order valence-electron chi connectivity index (χ1n) is 7.97. The minimum absolute atomic E-state index is 0.671. The molecular formula is C17H26N2S. The molecule has 2 aliphatic rings. The van der Waals surface area contributed by atoms with Gasteiger partial charge in [0.2, 0.25) is 0 Å². The van der Waals surface area contributed by atoms with Gasteiger partial charge in [-0.15, -0.1) is 11.8 Å². The minimum atomic E-state index is 0.671. The zero-order valence-electron chi connectivity index (χ0n) is 12.6. The number of thioether (sulfide) groups is 1. The maximum absolute atomic E-state index is 3.69. The highest BCUT2D eigenvalue weighted by molar-refractivity contribution is 7.99. The summed E-state index contributed by atoms with van der Waals surface area (Å²) in [6.45, 7) is 8.30. The van der Waals surface area contributed by atoms with E-state index in [4.69, 9.17) is 0 Å². The summed E-state index contributed by atoms with van der Waals surface area (Å²) in [4.78, 5) is 4.23. The van der Waals surface area contributed by atoms with Crippen molar-refractivity contribution >= 4 is 11.8 Å². The molecule has 0 aliphatic carbocycles. The van der Waals surface area contributed by atoms with Gasteiger partial charge >= 0.3 is 0 Å². The minimum Gasteiger partial charge on any atom is -0.313 e. The van der Waals surface area contributed by atoms with E-state index in [1.807, 2.05) is 11.8 Å². The molecule has 3 heteroatoms. The Bertz CT molecular complexity index is 448. The van der Waals surface area contributed by atoms with Crippen molar-refractivity contribution in [2.45, 2.75) is 49.6 Å². The van der Waals surface area contributed by atoms with Crippen molar-refractivity contribution in [3.63, 3.8) is 0 Å². The van der Waals surface area contributed by atoms with Gasteiger partial charge < -0.3 is 5.32 Å². The lowest BCUT2D eigenvalue weighted by Gasteiger charge is -2.31. The standard InChI is InChI=1S/C17H26N2S/c1-3-15-11-19(13(2)8-9-18-15)10-14-12-20-17-7-5-4-6-16(14)17/h4-7,13-15,18H,3,8-12H2,1-2H3. The van der Waals surface area contributed by atoms with Crippen LogP contribution < -0.4 is 5.32 Å². The first-order chi connectivity index (χ1) is 9.78. The van der Waals surface area contributed by atoms with Crippen molar-refractivity contribution in [1.29, 1.82) is 0 Å². The van der Waals surface area contributed by atoms with Crippen molar-refractivity contribution in [3.05, 3.63) is 29.8 Å². The Balaban J connectivity index is 1.70. The zero-order valence-corrected chi connectivity index (χ0v) is 13.5. The van der Waals surface area contributed by atoms with Gasteiger partial charge in [0, 0.05) is 41.7 Å². The number of hydrogen-bond acceptors (Lipinski definition) is 3. The van der Waals surface area contributed by atoms with E-state index in [9.17, 15) is 0 Å². The Morgan fingerprint density at radius 1 is 1.35 bits per heavy atom. The third-order valence-corrected chi connectivity index (χ3v) is 6.07. The first-order valence-corrected chi connectivity index (χ1v) is 8.95. The molecule has 1 N–H and O–H groups in total. The van der Waals surface area contributed by atoms with Gasteiger partial charge in [-0.3, -0.25) is 4.90 Å². The van der Waals surface area contributed by atoms with Crippen LogP contribution in [-0.2, 0) is 0 Å². The van der Waals surface area contributed by atoms with Gasteiger partial charge in [0.05, 0.1) is 0 Å². The fraction of sp³-hybridized carbons (Fsp3) is 0.647. The van der Waals surface area contributed by atoms with Gasteiger partial charge in [-0.05, 0) is 37.9 Å². The lowest BCUT2D eigenvalue weighted by Crippen LogP contribution is -2.41. The summed E-state index contributed by atoms with van der Waals surface area (Å²) in [5.41, 5.74) is 1.58. The van der Waals surface area contributed by atoms with Crippen LogP contribution in [0.1, 0.15) is 38.2 Å². The molecule has 2 nitrogen and oxygen atoms in total. The normalized spacial score (nSPS) is 31.0. The predicted octanol–water partition coefficient (Wildman–Crippen LogP) is 3.34. The molecular weight excluding hydrogens is 264 g/mol. The van der Waals surface area contributed by atoms with Crippen LogP contribution >= 0.6 is 11.8 Å². The monoisotopic (exact) mass is 290 g/mol. The van der Waals surface area contributed by atoms with Crippen LogP contribution in [0, 0.1) is 0 Å². The Labute approximate surface area is 127 Å². The van der Waals surface area contributed by atoms with Gasteiger partial charge in [-0.25, -0.2) is 0 Å². The van der Waals surface area contributed by atoms with Crippen LogP contribution in [0.2, 0.25) is 0 Å². The zero-order chi connectivity index (χ0) is 13.9. The number of nitrogens with zero attached hydrogens (tertiary/aromatic N) is 1. The number of benzene rings is 1. The molecule has 20 heavy (non-hydrogen) atoms. The second-order valence-electron chi connectivity index (χ2n) is 6.20. The summed E-state index contributed by atoms with van der Waals surface area (Å²) in [6, 6.07) is 10.3. The van der Waals surface area contributed by atoms with Crippen LogP contribution in [0.25, 0.3) is 0 Å². The maximum Gasteiger partial charge on any atom is 0.0192 e. The number of rotatable bonds is 3. The molecule has 0 aromatic heterocycles. The molecule has 3 rings (SSSR count). The predicted molar refractivity (Wildman–Crippen MR) is 87.6 cm³/mol. The van der Waals surface area contributed by atoms with Gasteiger partial charge in [0.25, 0.3) is 0 Å². The van der Waals surface area contributed by atoms with E-state index in [1.54, 1.807) is 5.56 Å². The average molecular weight is 290 g/mol. The molecule has 3 atom stereocenters. The van der Waals surface area contributed by atoms with Crippen LogP contribution in [0.3, 0.4) is 0 Å². The summed E-state index contributed by atoms with van der Waals surface area (Å²) in [6.07, 6.45) is 2.51. The molecule has 2 aliphatic heterocycles. The molecule has 1 saturated heterocycles. The van der Waals surface area contributed by atoms with E-state index < -0.39 is 0 Å². The molecule has 3 unspecified atom stereocenters. The smallest absolute Gasteiger partial charge is 0.0192 e. The van der Waals surface area contributed by atoms with Gasteiger partial charge in [0.1, 0.15) is 0 Å². The van der Waals surface area contributed by atoms with E-state index in [0.29, 0.717) is 18.0 Å². The van der Waals surface area contributed by atoms with Gasteiger partial charge in [-0.2, -0.15) is 0 Å². The average Bonchev–Trinajstić information content (AvgIpc) is 2.79. The van der Waals surface area contributed by atoms with E-state index in [2.05, 4.69) is 48.3 Å². The third kappa shape index (κ3) is 3.05. The highest BCUT2D eigenvalue weighted by Gasteiger charge is 2.28. The van der Waals surface area contributed by atoms with E-state index in [0.717, 1.165) is 0 Å². The highest BCUT2D eigenvalue weighted by atomic mass is 32.2. The fourth-order valence-electron chi connectivity index (χ4n) is 3.40. The first kappa shape index (κ1) is 14.4. The molecule has 0 radical (unpaired) electrons. The fourth-order valence-corrected chi connectivity index (χ4v) is 4.64. The molecule has 1 fully saturated rings. The Hall–Kier alpha value is -0.510. The number of nitrogens with one attached hydrogen (secondary N) is 1. The highest BCUT2D eigenvalue weighted by Crippen LogP contribution is 2.39. The largest absolute Gasteiger partial charge is 0.313 e.